The van der Waals surface area contributed by atoms with Crippen LogP contribution < -0.4 is 5.32 Å². The molecule has 1 aliphatic carbocycles. The lowest BCUT2D eigenvalue weighted by molar-refractivity contribution is 0.739. The van der Waals surface area contributed by atoms with Crippen LogP contribution in [0.2, 0.25) is 0 Å². The van der Waals surface area contributed by atoms with Crippen molar-refractivity contribution in [2.24, 2.45) is 7.05 Å². The van der Waals surface area contributed by atoms with Gasteiger partial charge in [0.25, 0.3) is 0 Å². The van der Waals surface area contributed by atoms with Crippen molar-refractivity contribution in [3.63, 3.8) is 0 Å². The first kappa shape index (κ1) is 7.42. The molecule has 0 atom stereocenters. The van der Waals surface area contributed by atoms with Crippen LogP contribution in [0.25, 0.3) is 0 Å². The van der Waals surface area contributed by atoms with E-state index in [9.17, 15) is 0 Å². The average molecular weight is 177 g/mol. The summed E-state index contributed by atoms with van der Waals surface area (Å²) in [4.78, 5) is 0. The molecule has 0 amide bonds. The van der Waals surface area contributed by atoms with Gasteiger partial charge in [0.05, 0.1) is 5.69 Å². The second-order valence-corrected chi connectivity index (χ2v) is 4.14. The topological polar surface area (TPSA) is 29.9 Å². The van der Waals surface area contributed by atoms with Gasteiger partial charge in [-0.05, 0) is 25.7 Å². The van der Waals surface area contributed by atoms with Crippen molar-refractivity contribution in [1.29, 1.82) is 0 Å². The largest absolute Gasteiger partial charge is 0.370 e. The maximum Gasteiger partial charge on any atom is 0.127 e. The summed E-state index contributed by atoms with van der Waals surface area (Å²) in [6.07, 6.45) is 5.19. The van der Waals surface area contributed by atoms with Crippen LogP contribution in [0.5, 0.6) is 0 Å². The predicted octanol–water partition coefficient (Wildman–Crippen LogP) is 1.66. The van der Waals surface area contributed by atoms with Gasteiger partial charge in [-0.1, -0.05) is 0 Å². The van der Waals surface area contributed by atoms with Gasteiger partial charge in [0.2, 0.25) is 0 Å². The smallest absolute Gasteiger partial charge is 0.127 e. The maximum absolute atomic E-state index is 4.61. The highest BCUT2D eigenvalue weighted by Crippen LogP contribution is 2.43. The number of aromatic nitrogens is 2. The third-order valence-electron chi connectivity index (χ3n) is 3.04. The molecule has 2 heterocycles. The van der Waals surface area contributed by atoms with Crippen molar-refractivity contribution in [2.75, 3.05) is 11.9 Å². The number of nitrogens with one attached hydrogen (secondary N) is 1. The van der Waals surface area contributed by atoms with Crippen molar-refractivity contribution in [1.82, 2.24) is 9.78 Å². The summed E-state index contributed by atoms with van der Waals surface area (Å²) in [7, 11) is 2.04. The zero-order valence-electron chi connectivity index (χ0n) is 8.01. The molecule has 70 valence electrons. The second kappa shape index (κ2) is 2.50. The van der Waals surface area contributed by atoms with Gasteiger partial charge in [0.1, 0.15) is 5.82 Å². The third kappa shape index (κ3) is 1.06. The van der Waals surface area contributed by atoms with E-state index in [1.165, 1.54) is 42.8 Å². The normalized spacial score (nSPS) is 21.0. The summed E-state index contributed by atoms with van der Waals surface area (Å²) in [5.74, 6) is 2.06. The Morgan fingerprint density at radius 2 is 2.31 bits per heavy atom. The summed E-state index contributed by atoms with van der Waals surface area (Å²) in [5.41, 5.74) is 2.88. The number of fused-ring (bicyclic) bond motifs is 1. The van der Waals surface area contributed by atoms with E-state index in [1.807, 2.05) is 11.7 Å². The molecule has 0 bridgehead atoms. The molecule has 1 aromatic heterocycles. The highest BCUT2D eigenvalue weighted by atomic mass is 15.3. The first-order valence-corrected chi connectivity index (χ1v) is 5.16. The molecule has 3 nitrogen and oxygen atoms in total. The zero-order chi connectivity index (χ0) is 8.84. The molecular formula is C10H15N3. The molecule has 1 aromatic rings. The fourth-order valence-electron chi connectivity index (χ4n) is 2.21. The van der Waals surface area contributed by atoms with Crippen LogP contribution in [0.3, 0.4) is 0 Å². The van der Waals surface area contributed by atoms with Gasteiger partial charge < -0.3 is 5.32 Å². The summed E-state index contributed by atoms with van der Waals surface area (Å²) < 4.78 is 2.02. The second-order valence-electron chi connectivity index (χ2n) is 4.14. The number of hydrogen-bond donors (Lipinski definition) is 1. The Labute approximate surface area is 78.1 Å². The third-order valence-corrected chi connectivity index (χ3v) is 3.04. The van der Waals surface area contributed by atoms with Crippen LogP contribution in [0, 0.1) is 0 Å². The molecule has 3 heteroatoms. The Balaban J connectivity index is 2.09. The molecule has 13 heavy (non-hydrogen) atoms. The van der Waals surface area contributed by atoms with Gasteiger partial charge in [-0.3, -0.25) is 4.68 Å². The fraction of sp³-hybridized carbons (Fsp3) is 0.700. The number of rotatable bonds is 1. The van der Waals surface area contributed by atoms with Gasteiger partial charge in [0.15, 0.2) is 0 Å². The lowest BCUT2D eigenvalue weighted by Crippen LogP contribution is -2.13. The summed E-state index contributed by atoms with van der Waals surface area (Å²) in [6, 6.07) is 0. The minimum absolute atomic E-state index is 0.787. The van der Waals surface area contributed by atoms with E-state index in [1.54, 1.807) is 0 Å². The van der Waals surface area contributed by atoms with Gasteiger partial charge in [-0.25, -0.2) is 0 Å². The van der Waals surface area contributed by atoms with Crippen LogP contribution in [0.1, 0.15) is 36.4 Å². The molecular weight excluding hydrogens is 162 g/mol. The molecule has 0 spiro atoms. The van der Waals surface area contributed by atoms with Crippen LogP contribution in [0.15, 0.2) is 0 Å². The van der Waals surface area contributed by atoms with Crippen molar-refractivity contribution >= 4 is 5.82 Å². The molecule has 0 saturated heterocycles. The molecule has 1 aliphatic heterocycles. The Kier molecular flexibility index (Phi) is 1.43. The highest BCUT2D eigenvalue weighted by molar-refractivity contribution is 5.51. The summed E-state index contributed by atoms with van der Waals surface area (Å²) in [6.45, 7) is 1.11. The minimum Gasteiger partial charge on any atom is -0.370 e. The Hall–Kier alpha value is -0.990. The van der Waals surface area contributed by atoms with Gasteiger partial charge in [0, 0.05) is 25.1 Å². The molecule has 0 aromatic carbocycles. The van der Waals surface area contributed by atoms with Crippen LogP contribution in [0.4, 0.5) is 5.82 Å². The molecule has 0 radical (unpaired) electrons. The van der Waals surface area contributed by atoms with E-state index in [4.69, 9.17) is 0 Å². The predicted molar refractivity (Wildman–Crippen MR) is 52.0 cm³/mol. The fourth-order valence-corrected chi connectivity index (χ4v) is 2.21. The molecule has 2 aliphatic rings. The lowest BCUT2D eigenvalue weighted by atomic mass is 10.0. The van der Waals surface area contributed by atoms with Crippen LogP contribution in [-0.2, 0) is 13.5 Å². The average Bonchev–Trinajstić information content (AvgIpc) is 2.94. The monoisotopic (exact) mass is 177 g/mol. The van der Waals surface area contributed by atoms with E-state index in [0.29, 0.717) is 0 Å². The van der Waals surface area contributed by atoms with E-state index in [2.05, 4.69) is 10.4 Å². The highest BCUT2D eigenvalue weighted by Gasteiger charge is 2.31. The van der Waals surface area contributed by atoms with Gasteiger partial charge in [-0.2, -0.15) is 5.10 Å². The number of hydrogen-bond acceptors (Lipinski definition) is 2. The Morgan fingerprint density at radius 1 is 1.46 bits per heavy atom. The maximum atomic E-state index is 4.61. The molecule has 3 rings (SSSR count). The zero-order valence-corrected chi connectivity index (χ0v) is 8.01. The molecule has 1 N–H and O–H groups in total. The van der Waals surface area contributed by atoms with E-state index in [-0.39, 0.29) is 0 Å². The lowest BCUT2D eigenvalue weighted by Gasteiger charge is -2.14. The Morgan fingerprint density at radius 3 is 3.08 bits per heavy atom. The Bertz CT molecular complexity index is 336. The first-order valence-electron chi connectivity index (χ1n) is 5.16. The van der Waals surface area contributed by atoms with E-state index in [0.717, 1.165) is 12.5 Å². The molecule has 1 saturated carbocycles. The number of anilines is 1. The van der Waals surface area contributed by atoms with Crippen molar-refractivity contribution in [3.05, 3.63) is 11.3 Å². The van der Waals surface area contributed by atoms with Crippen LogP contribution in [-0.4, -0.2) is 16.3 Å². The van der Waals surface area contributed by atoms with E-state index >= 15 is 0 Å². The van der Waals surface area contributed by atoms with Crippen molar-refractivity contribution in [2.45, 2.75) is 31.6 Å². The van der Waals surface area contributed by atoms with Crippen molar-refractivity contribution in [3.8, 4) is 0 Å². The quantitative estimate of drug-likeness (QED) is 0.707. The van der Waals surface area contributed by atoms with Gasteiger partial charge >= 0.3 is 0 Å². The van der Waals surface area contributed by atoms with Crippen LogP contribution >= 0.6 is 0 Å². The standard InChI is InChI=1S/C10H15N3/c1-13-10-8(3-2-6-11-10)9(12-13)7-4-5-7/h7,11H,2-6H2,1H3. The SMILES string of the molecule is Cn1nc(C2CC2)c2c1NCCC2. The number of nitrogens with zero attached hydrogens (tertiary/aromatic N) is 2. The van der Waals surface area contributed by atoms with Crippen molar-refractivity contribution < 1.29 is 0 Å². The molecule has 0 unspecified atom stereocenters. The molecule has 1 fully saturated rings. The first-order chi connectivity index (χ1) is 6.36. The summed E-state index contributed by atoms with van der Waals surface area (Å²) in [5, 5.41) is 8.04. The summed E-state index contributed by atoms with van der Waals surface area (Å²) >= 11 is 0. The van der Waals surface area contributed by atoms with E-state index < -0.39 is 0 Å². The number of aryl methyl sites for hydroxylation is 1. The minimum atomic E-state index is 0.787. The van der Waals surface area contributed by atoms with Gasteiger partial charge in [-0.15, -0.1) is 0 Å².